The molecule has 0 aliphatic heterocycles. The first-order chi connectivity index (χ1) is 9.81. The number of carbonyl (C=O) groups excluding carboxylic acids is 1. The number of carbonyl (C=O) groups is 2. The van der Waals surface area contributed by atoms with Gasteiger partial charge in [0.2, 0.25) is 0 Å². The fourth-order valence-electron chi connectivity index (χ4n) is 1.71. The summed E-state index contributed by atoms with van der Waals surface area (Å²) in [4.78, 5) is 35.0. The second-order valence-electron chi connectivity index (χ2n) is 4.29. The Morgan fingerprint density at radius 1 is 1.38 bits per heavy atom. The van der Waals surface area contributed by atoms with E-state index in [0.29, 0.717) is 10.2 Å². The van der Waals surface area contributed by atoms with Gasteiger partial charge in [-0.2, -0.15) is 0 Å². The van der Waals surface area contributed by atoms with Gasteiger partial charge in [0.15, 0.2) is 0 Å². The number of aromatic carboxylic acids is 1. The number of aromatic nitrogens is 1. The number of nitrogens with one attached hydrogen (secondary N) is 1. The van der Waals surface area contributed by atoms with E-state index in [1.54, 1.807) is 20.0 Å². The van der Waals surface area contributed by atoms with E-state index in [2.05, 4.69) is 21.2 Å². The molecule has 110 valence electrons. The number of carboxylic acids is 1. The second-order valence-corrected chi connectivity index (χ2v) is 6.17. The Hall–Kier alpha value is -1.93. The molecule has 1 amide bonds. The summed E-state index contributed by atoms with van der Waals surface area (Å²) in [5.41, 5.74) is 0.689. The summed E-state index contributed by atoms with van der Waals surface area (Å²) in [6.07, 6.45) is 0. The zero-order valence-electron chi connectivity index (χ0n) is 11.1. The van der Waals surface area contributed by atoms with Crippen molar-refractivity contribution < 1.29 is 14.7 Å². The van der Waals surface area contributed by atoms with Crippen LogP contribution in [-0.2, 0) is 7.05 Å². The third-order valence-electron chi connectivity index (χ3n) is 2.96. The van der Waals surface area contributed by atoms with Gasteiger partial charge >= 0.3 is 10.8 Å². The Bertz CT molecular complexity index is 794. The maximum atomic E-state index is 12.2. The molecule has 2 rings (SSSR count). The molecule has 21 heavy (non-hydrogen) atoms. The lowest BCUT2D eigenvalue weighted by molar-refractivity contribution is 0.0698. The molecule has 1 heterocycles. The Balaban J connectivity index is 2.38. The molecule has 2 N–H and O–H groups in total. The number of amides is 1. The van der Waals surface area contributed by atoms with Crippen LogP contribution in [0.3, 0.4) is 0 Å². The molecule has 0 saturated carbocycles. The van der Waals surface area contributed by atoms with E-state index < -0.39 is 11.9 Å². The third-order valence-corrected chi connectivity index (χ3v) is 4.59. The van der Waals surface area contributed by atoms with Gasteiger partial charge in [0.25, 0.3) is 5.91 Å². The quantitative estimate of drug-likeness (QED) is 0.868. The van der Waals surface area contributed by atoms with Crippen molar-refractivity contribution in [3.63, 3.8) is 0 Å². The largest absolute Gasteiger partial charge is 0.478 e. The number of nitrogens with zero attached hydrogens (tertiary/aromatic N) is 1. The molecule has 0 saturated heterocycles. The fourth-order valence-corrected chi connectivity index (χ4v) is 2.95. The van der Waals surface area contributed by atoms with Crippen LogP contribution in [0.2, 0.25) is 0 Å². The molecular formula is C13H11BrN2O4S. The number of benzene rings is 1. The molecule has 0 bridgehead atoms. The minimum Gasteiger partial charge on any atom is -0.478 e. The first kappa shape index (κ1) is 15.5. The van der Waals surface area contributed by atoms with Crippen LogP contribution < -0.4 is 10.2 Å². The predicted octanol–water partition coefficient (Wildman–Crippen LogP) is 2.47. The van der Waals surface area contributed by atoms with Crippen molar-refractivity contribution in [2.75, 3.05) is 5.32 Å². The summed E-state index contributed by atoms with van der Waals surface area (Å²) in [6.45, 7) is 1.66. The van der Waals surface area contributed by atoms with Crippen LogP contribution in [0.15, 0.2) is 27.5 Å². The van der Waals surface area contributed by atoms with Gasteiger partial charge in [-0.3, -0.25) is 9.59 Å². The van der Waals surface area contributed by atoms with E-state index in [1.807, 2.05) is 0 Å². The van der Waals surface area contributed by atoms with E-state index in [-0.39, 0.29) is 21.0 Å². The van der Waals surface area contributed by atoms with Crippen molar-refractivity contribution >= 4 is 44.8 Å². The average Bonchev–Trinajstić information content (AvgIpc) is 2.68. The van der Waals surface area contributed by atoms with Gasteiger partial charge in [-0.15, -0.1) is 0 Å². The fraction of sp³-hybridized carbons (Fsp3) is 0.154. The number of halogens is 1. The first-order valence-corrected chi connectivity index (χ1v) is 7.43. The van der Waals surface area contributed by atoms with Gasteiger partial charge in [0.05, 0.1) is 11.3 Å². The van der Waals surface area contributed by atoms with Crippen LogP contribution in [0.25, 0.3) is 0 Å². The van der Waals surface area contributed by atoms with Gasteiger partial charge in [-0.25, -0.2) is 4.79 Å². The molecule has 1 aromatic heterocycles. The smallest absolute Gasteiger partial charge is 0.337 e. The van der Waals surface area contributed by atoms with Crippen molar-refractivity contribution in [3.8, 4) is 0 Å². The Labute approximate surface area is 132 Å². The van der Waals surface area contributed by atoms with Crippen LogP contribution in [-0.4, -0.2) is 21.6 Å². The summed E-state index contributed by atoms with van der Waals surface area (Å²) in [5.74, 6) is -1.65. The molecule has 2 aromatic rings. The standard InChI is InChI=1S/C13H11BrN2O4S/c1-6-10(21-13(20)16(6)2)11(17)15-9-4-3-7(14)5-8(9)12(18)19/h3-5H,1-2H3,(H,15,17)(H,18,19). The van der Waals surface area contributed by atoms with Crippen LogP contribution >= 0.6 is 27.3 Å². The minimum absolute atomic E-state index is 0.0290. The van der Waals surface area contributed by atoms with Crippen molar-refractivity contribution in [1.29, 1.82) is 0 Å². The summed E-state index contributed by atoms with van der Waals surface area (Å²) in [5, 5.41) is 11.7. The van der Waals surface area contributed by atoms with E-state index >= 15 is 0 Å². The zero-order valence-corrected chi connectivity index (χ0v) is 13.5. The highest BCUT2D eigenvalue weighted by molar-refractivity contribution is 9.10. The van der Waals surface area contributed by atoms with Crippen molar-refractivity contribution in [1.82, 2.24) is 4.57 Å². The lowest BCUT2D eigenvalue weighted by Crippen LogP contribution is -2.15. The summed E-state index contributed by atoms with van der Waals surface area (Å²) in [6, 6.07) is 4.52. The first-order valence-electron chi connectivity index (χ1n) is 5.82. The normalized spacial score (nSPS) is 10.4. The Morgan fingerprint density at radius 3 is 2.57 bits per heavy atom. The molecular weight excluding hydrogens is 360 g/mol. The van der Waals surface area contributed by atoms with Gasteiger partial charge in [-0.1, -0.05) is 27.3 Å². The molecule has 0 aliphatic carbocycles. The average molecular weight is 371 g/mol. The van der Waals surface area contributed by atoms with E-state index in [1.165, 1.54) is 16.7 Å². The topological polar surface area (TPSA) is 88.4 Å². The molecule has 0 spiro atoms. The van der Waals surface area contributed by atoms with Crippen LogP contribution in [0.5, 0.6) is 0 Å². The number of thiazole rings is 1. The summed E-state index contributed by atoms with van der Waals surface area (Å²) < 4.78 is 1.97. The minimum atomic E-state index is -1.15. The van der Waals surface area contributed by atoms with Crippen LogP contribution in [0, 0.1) is 6.92 Å². The maximum absolute atomic E-state index is 12.2. The molecule has 0 fully saturated rings. The highest BCUT2D eigenvalue weighted by Gasteiger charge is 2.18. The monoisotopic (exact) mass is 370 g/mol. The second kappa shape index (κ2) is 5.82. The van der Waals surface area contributed by atoms with Gasteiger partial charge < -0.3 is 15.0 Å². The number of anilines is 1. The Morgan fingerprint density at radius 2 is 2.05 bits per heavy atom. The van der Waals surface area contributed by atoms with Crippen molar-refractivity contribution in [2.24, 2.45) is 7.05 Å². The lowest BCUT2D eigenvalue weighted by Gasteiger charge is -2.08. The molecule has 0 unspecified atom stereocenters. The van der Waals surface area contributed by atoms with Crippen molar-refractivity contribution in [3.05, 3.63) is 48.5 Å². The molecule has 6 nitrogen and oxygen atoms in total. The third kappa shape index (κ3) is 3.06. The molecule has 0 aliphatic rings. The SMILES string of the molecule is Cc1c(C(=O)Nc2ccc(Br)cc2C(=O)O)sc(=O)n1C. The molecule has 8 heteroatoms. The van der Waals surface area contributed by atoms with Crippen LogP contribution in [0.4, 0.5) is 5.69 Å². The Kier molecular flexibility index (Phi) is 4.29. The molecule has 0 atom stereocenters. The molecule has 0 radical (unpaired) electrons. The predicted molar refractivity (Wildman–Crippen MR) is 83.4 cm³/mol. The number of hydrogen-bond acceptors (Lipinski definition) is 4. The number of carboxylic acid groups (broad SMARTS) is 1. The summed E-state index contributed by atoms with van der Waals surface area (Å²) >= 11 is 4.01. The highest BCUT2D eigenvalue weighted by atomic mass is 79.9. The van der Waals surface area contributed by atoms with Gasteiger partial charge in [0.1, 0.15) is 4.88 Å². The lowest BCUT2D eigenvalue weighted by atomic mass is 10.2. The van der Waals surface area contributed by atoms with Gasteiger partial charge in [-0.05, 0) is 25.1 Å². The summed E-state index contributed by atoms with van der Waals surface area (Å²) in [7, 11) is 1.58. The van der Waals surface area contributed by atoms with Gasteiger partial charge in [0, 0.05) is 17.2 Å². The molecule has 1 aromatic carbocycles. The number of rotatable bonds is 3. The van der Waals surface area contributed by atoms with Crippen LogP contribution in [0.1, 0.15) is 25.7 Å². The maximum Gasteiger partial charge on any atom is 0.337 e. The zero-order chi connectivity index (χ0) is 15.7. The van der Waals surface area contributed by atoms with Crippen molar-refractivity contribution in [2.45, 2.75) is 6.92 Å². The highest BCUT2D eigenvalue weighted by Crippen LogP contribution is 2.22. The van der Waals surface area contributed by atoms with E-state index in [4.69, 9.17) is 5.11 Å². The number of hydrogen-bond donors (Lipinski definition) is 2. The van der Waals surface area contributed by atoms with E-state index in [9.17, 15) is 14.4 Å². The van der Waals surface area contributed by atoms with E-state index in [0.717, 1.165) is 11.3 Å².